The number of carbonyl (C=O) groups excluding carboxylic acids is 2. The molecule has 1 saturated heterocycles. The van der Waals surface area contributed by atoms with Crippen LogP contribution < -0.4 is 14.8 Å². The highest BCUT2D eigenvalue weighted by Crippen LogP contribution is 2.35. The second-order valence-electron chi connectivity index (χ2n) is 6.03. The van der Waals surface area contributed by atoms with Crippen molar-refractivity contribution in [3.05, 3.63) is 28.7 Å². The maximum atomic E-state index is 12.7. The molecule has 0 aromatic heterocycles. The third kappa shape index (κ3) is 5.69. The summed E-state index contributed by atoms with van der Waals surface area (Å²) in [7, 11) is 6.97. The fourth-order valence-electron chi connectivity index (χ4n) is 2.33. The molecule has 0 unspecified atom stereocenters. The van der Waals surface area contributed by atoms with E-state index < -0.39 is 0 Å². The predicted octanol–water partition coefficient (Wildman–Crippen LogP) is 1.58. The fourth-order valence-corrected chi connectivity index (χ4v) is 3.58. The third-order valence-electron chi connectivity index (χ3n) is 3.78. The molecule has 1 aromatic carbocycles. The van der Waals surface area contributed by atoms with E-state index in [1.807, 2.05) is 19.0 Å². The van der Waals surface area contributed by atoms with Gasteiger partial charge in [0, 0.05) is 24.7 Å². The van der Waals surface area contributed by atoms with Crippen molar-refractivity contribution < 1.29 is 19.1 Å². The quantitative estimate of drug-likeness (QED) is 0.516. The van der Waals surface area contributed by atoms with Crippen LogP contribution in [0.5, 0.6) is 11.5 Å². The lowest BCUT2D eigenvalue weighted by molar-refractivity contribution is -0.128. The van der Waals surface area contributed by atoms with Gasteiger partial charge in [0.05, 0.1) is 19.1 Å². The molecule has 27 heavy (non-hydrogen) atoms. The van der Waals surface area contributed by atoms with Crippen LogP contribution >= 0.6 is 24.0 Å². The van der Waals surface area contributed by atoms with Gasteiger partial charge in [0.25, 0.3) is 5.91 Å². The zero-order valence-corrected chi connectivity index (χ0v) is 17.4. The van der Waals surface area contributed by atoms with Crippen molar-refractivity contribution in [2.75, 3.05) is 47.9 Å². The summed E-state index contributed by atoms with van der Waals surface area (Å²) in [4.78, 5) is 28.4. The summed E-state index contributed by atoms with van der Waals surface area (Å²) in [6.07, 6.45) is 1.71. The lowest BCUT2D eigenvalue weighted by Gasteiger charge is -2.15. The SMILES string of the molecule is COc1ccc(/C=C2/SC(=S)N(CC(=O)NCCN(C)C)C2=O)c(OC)c1. The molecular formula is C18H23N3O4S2. The smallest absolute Gasteiger partial charge is 0.266 e. The Labute approximate surface area is 168 Å². The number of methoxy groups -OCH3 is 2. The molecule has 1 heterocycles. The third-order valence-corrected chi connectivity index (χ3v) is 5.16. The van der Waals surface area contributed by atoms with Crippen LogP contribution in [0.4, 0.5) is 0 Å². The van der Waals surface area contributed by atoms with E-state index in [2.05, 4.69) is 5.32 Å². The number of ether oxygens (including phenoxy) is 2. The Morgan fingerprint density at radius 1 is 1.33 bits per heavy atom. The van der Waals surface area contributed by atoms with Gasteiger partial charge in [0.15, 0.2) is 0 Å². The number of carbonyl (C=O) groups is 2. The molecule has 0 atom stereocenters. The minimum Gasteiger partial charge on any atom is -0.497 e. The zero-order chi connectivity index (χ0) is 20.0. The number of thiocarbonyl (C=S) groups is 1. The number of thioether (sulfide) groups is 1. The predicted molar refractivity (Wildman–Crippen MR) is 111 cm³/mol. The number of hydrogen-bond donors (Lipinski definition) is 1. The van der Waals surface area contributed by atoms with Crippen molar-refractivity contribution >= 4 is 46.2 Å². The van der Waals surface area contributed by atoms with Gasteiger partial charge in [-0.25, -0.2) is 0 Å². The van der Waals surface area contributed by atoms with Gasteiger partial charge < -0.3 is 19.7 Å². The minimum atomic E-state index is -0.286. The largest absolute Gasteiger partial charge is 0.497 e. The molecule has 0 spiro atoms. The van der Waals surface area contributed by atoms with Crippen LogP contribution in [0.1, 0.15) is 5.56 Å². The first kappa shape index (κ1) is 21.2. The molecule has 146 valence electrons. The van der Waals surface area contributed by atoms with E-state index >= 15 is 0 Å². The van der Waals surface area contributed by atoms with Gasteiger partial charge in [0.1, 0.15) is 22.4 Å². The van der Waals surface area contributed by atoms with Crippen LogP contribution in [-0.2, 0) is 9.59 Å². The highest BCUT2D eigenvalue weighted by atomic mass is 32.2. The summed E-state index contributed by atoms with van der Waals surface area (Å²) >= 11 is 6.44. The van der Waals surface area contributed by atoms with Crippen molar-refractivity contribution in [3.63, 3.8) is 0 Å². The van der Waals surface area contributed by atoms with Crippen molar-refractivity contribution in [1.82, 2.24) is 15.1 Å². The average Bonchev–Trinajstić information content (AvgIpc) is 2.89. The Morgan fingerprint density at radius 3 is 2.70 bits per heavy atom. The van der Waals surface area contributed by atoms with E-state index in [0.717, 1.165) is 12.1 Å². The van der Waals surface area contributed by atoms with Crippen molar-refractivity contribution in [1.29, 1.82) is 0 Å². The van der Waals surface area contributed by atoms with Gasteiger partial charge in [0.2, 0.25) is 5.91 Å². The second kappa shape index (κ2) is 9.72. The highest BCUT2D eigenvalue weighted by molar-refractivity contribution is 8.26. The number of hydrogen-bond acceptors (Lipinski definition) is 7. The molecule has 1 aromatic rings. The number of rotatable bonds is 8. The summed E-state index contributed by atoms with van der Waals surface area (Å²) in [5, 5.41) is 2.78. The van der Waals surface area contributed by atoms with Crippen molar-refractivity contribution in [2.24, 2.45) is 0 Å². The molecule has 0 radical (unpaired) electrons. The van der Waals surface area contributed by atoms with Crippen LogP contribution in [0.2, 0.25) is 0 Å². The molecule has 1 N–H and O–H groups in total. The first-order valence-electron chi connectivity index (χ1n) is 8.24. The van der Waals surface area contributed by atoms with E-state index in [0.29, 0.717) is 27.3 Å². The van der Waals surface area contributed by atoms with Crippen LogP contribution in [0.15, 0.2) is 23.1 Å². The molecule has 9 heteroatoms. The monoisotopic (exact) mass is 409 g/mol. The average molecular weight is 410 g/mol. The normalized spacial score (nSPS) is 15.6. The second-order valence-corrected chi connectivity index (χ2v) is 7.70. The summed E-state index contributed by atoms with van der Waals surface area (Å²) in [6.45, 7) is 1.15. The van der Waals surface area contributed by atoms with E-state index in [1.54, 1.807) is 38.5 Å². The summed E-state index contributed by atoms with van der Waals surface area (Å²) in [5.74, 6) is 0.717. The van der Waals surface area contributed by atoms with Gasteiger partial charge in [-0.15, -0.1) is 0 Å². The first-order valence-corrected chi connectivity index (χ1v) is 9.47. The standard InChI is InChI=1S/C18H23N3O4S2/c1-20(2)8-7-19-16(22)11-21-17(23)15(27-18(21)26)9-12-5-6-13(24-3)10-14(12)25-4/h5-6,9-10H,7-8,11H2,1-4H3,(H,19,22)/b15-9+. The van der Waals surface area contributed by atoms with E-state index in [1.165, 1.54) is 16.7 Å². The Balaban J connectivity index is 2.09. The molecule has 1 aliphatic heterocycles. The maximum Gasteiger partial charge on any atom is 0.266 e. The van der Waals surface area contributed by atoms with Crippen LogP contribution in [-0.4, -0.2) is 73.9 Å². The Kier molecular flexibility index (Phi) is 7.64. The fraction of sp³-hybridized carbons (Fsp3) is 0.389. The molecular weight excluding hydrogens is 386 g/mol. The molecule has 0 bridgehead atoms. The topological polar surface area (TPSA) is 71.1 Å². The molecule has 1 aliphatic rings. The highest BCUT2D eigenvalue weighted by Gasteiger charge is 2.33. The number of amides is 2. The van der Waals surface area contributed by atoms with Crippen LogP contribution in [0, 0.1) is 0 Å². The van der Waals surface area contributed by atoms with E-state index in [9.17, 15) is 9.59 Å². The summed E-state index contributed by atoms with van der Waals surface area (Å²) in [5.41, 5.74) is 0.731. The summed E-state index contributed by atoms with van der Waals surface area (Å²) in [6, 6.07) is 5.33. The maximum absolute atomic E-state index is 12.7. The number of nitrogens with one attached hydrogen (secondary N) is 1. The van der Waals surface area contributed by atoms with Crippen molar-refractivity contribution in [2.45, 2.75) is 0 Å². The number of likely N-dealkylation sites (N-methyl/N-ethyl adjacent to an activating group) is 1. The molecule has 7 nitrogen and oxygen atoms in total. The Hall–Kier alpha value is -2.10. The minimum absolute atomic E-state index is 0.0881. The van der Waals surface area contributed by atoms with Gasteiger partial charge in [-0.1, -0.05) is 24.0 Å². The molecule has 1 fully saturated rings. The molecule has 0 saturated carbocycles. The van der Waals surface area contributed by atoms with Gasteiger partial charge >= 0.3 is 0 Å². The summed E-state index contributed by atoms with van der Waals surface area (Å²) < 4.78 is 10.9. The van der Waals surface area contributed by atoms with Crippen molar-refractivity contribution in [3.8, 4) is 11.5 Å². The Bertz CT molecular complexity index is 765. The molecule has 0 aliphatic carbocycles. The van der Waals surface area contributed by atoms with Crippen LogP contribution in [0.3, 0.4) is 0 Å². The number of benzene rings is 1. The first-order chi connectivity index (χ1) is 12.8. The van der Waals surface area contributed by atoms with Gasteiger partial charge in [-0.3, -0.25) is 14.5 Å². The Morgan fingerprint density at radius 2 is 2.07 bits per heavy atom. The van der Waals surface area contributed by atoms with E-state index in [4.69, 9.17) is 21.7 Å². The number of nitrogens with zero attached hydrogens (tertiary/aromatic N) is 2. The lowest BCUT2D eigenvalue weighted by Crippen LogP contribution is -2.41. The molecule has 2 rings (SSSR count). The molecule has 2 amide bonds. The van der Waals surface area contributed by atoms with Gasteiger partial charge in [-0.05, 0) is 32.3 Å². The van der Waals surface area contributed by atoms with Gasteiger partial charge in [-0.2, -0.15) is 0 Å². The van der Waals surface area contributed by atoms with E-state index in [-0.39, 0.29) is 18.4 Å². The lowest BCUT2D eigenvalue weighted by atomic mass is 10.1. The zero-order valence-electron chi connectivity index (χ0n) is 15.8. The van der Waals surface area contributed by atoms with Crippen LogP contribution in [0.25, 0.3) is 6.08 Å².